The molecule has 0 radical (unpaired) electrons. The van der Waals surface area contributed by atoms with Crippen molar-refractivity contribution in [2.24, 2.45) is 0 Å². The maximum Gasteiger partial charge on any atom is 0.275 e. The molecule has 28 heavy (non-hydrogen) atoms. The smallest absolute Gasteiger partial charge is 0.275 e. The van der Waals surface area contributed by atoms with Crippen molar-refractivity contribution < 1.29 is 9.53 Å². The second-order valence-corrected chi connectivity index (χ2v) is 7.83. The van der Waals surface area contributed by atoms with Crippen LogP contribution in [0, 0.1) is 0 Å². The lowest BCUT2D eigenvalue weighted by Gasteiger charge is -2.09. The third kappa shape index (κ3) is 4.95. The topological polar surface area (TPSA) is 85.6 Å². The van der Waals surface area contributed by atoms with Gasteiger partial charge < -0.3 is 10.1 Å². The van der Waals surface area contributed by atoms with Gasteiger partial charge in [0.25, 0.3) is 5.56 Å². The summed E-state index contributed by atoms with van der Waals surface area (Å²) in [7, 11) is 0. The molecule has 3 aromatic rings. The van der Waals surface area contributed by atoms with Crippen molar-refractivity contribution in [3.63, 3.8) is 0 Å². The molecule has 0 aliphatic rings. The number of rotatable bonds is 8. The number of nitrogens with one attached hydrogen (secondary N) is 1. The average Bonchev–Trinajstić information content (AvgIpc) is 3.10. The molecule has 0 fully saturated rings. The molecule has 0 aliphatic heterocycles. The molecule has 148 valence electrons. The highest BCUT2D eigenvalue weighted by Gasteiger charge is 2.12. The molecule has 8 heteroatoms. The normalized spacial score (nSPS) is 11.1. The van der Waals surface area contributed by atoms with E-state index < -0.39 is 0 Å². The van der Waals surface area contributed by atoms with Crippen LogP contribution < -0.4 is 15.6 Å². The van der Waals surface area contributed by atoms with Crippen LogP contribution in [0.3, 0.4) is 0 Å². The van der Waals surface area contributed by atoms with Crippen LogP contribution >= 0.6 is 11.3 Å². The fourth-order valence-electron chi connectivity index (χ4n) is 2.56. The van der Waals surface area contributed by atoms with E-state index in [0.29, 0.717) is 28.5 Å². The summed E-state index contributed by atoms with van der Waals surface area (Å²) in [4.78, 5) is 29.2. The number of aromatic nitrogens is 3. The molecule has 1 N–H and O–H groups in total. The van der Waals surface area contributed by atoms with Crippen LogP contribution in [0.5, 0.6) is 5.75 Å². The molecular weight excluding hydrogens is 376 g/mol. The third-order valence-electron chi connectivity index (χ3n) is 4.07. The van der Waals surface area contributed by atoms with E-state index in [1.807, 2.05) is 26.0 Å². The minimum Gasteiger partial charge on any atom is -0.487 e. The van der Waals surface area contributed by atoms with Crippen molar-refractivity contribution in [3.8, 4) is 5.75 Å². The van der Waals surface area contributed by atoms with Crippen LogP contribution in [0.15, 0.2) is 35.1 Å². The van der Waals surface area contributed by atoms with Crippen LogP contribution in [-0.2, 0) is 11.4 Å². The zero-order valence-corrected chi connectivity index (χ0v) is 17.1. The van der Waals surface area contributed by atoms with Gasteiger partial charge in [0, 0.05) is 30.2 Å². The summed E-state index contributed by atoms with van der Waals surface area (Å²) in [6.07, 6.45) is 2.34. The molecule has 2 aromatic heterocycles. The fraction of sp³-hybridized carbons (Fsp3) is 0.400. The molecule has 1 aromatic carbocycles. The molecule has 0 saturated carbocycles. The van der Waals surface area contributed by atoms with Crippen molar-refractivity contribution in [1.82, 2.24) is 14.6 Å². The molecular formula is C20H24N4O3S. The molecule has 0 aliphatic carbocycles. The summed E-state index contributed by atoms with van der Waals surface area (Å²) in [5.41, 5.74) is 1.01. The van der Waals surface area contributed by atoms with Gasteiger partial charge in [-0.25, -0.2) is 4.98 Å². The molecule has 2 heterocycles. The number of ether oxygens (including phenoxy) is 1. The first-order chi connectivity index (χ1) is 13.5. The molecule has 0 unspecified atom stereocenters. The van der Waals surface area contributed by atoms with E-state index in [-0.39, 0.29) is 24.0 Å². The zero-order valence-electron chi connectivity index (χ0n) is 16.3. The van der Waals surface area contributed by atoms with E-state index in [1.165, 1.54) is 21.9 Å². The van der Waals surface area contributed by atoms with Crippen LogP contribution in [0.2, 0.25) is 0 Å². The summed E-state index contributed by atoms with van der Waals surface area (Å²) < 4.78 is 7.11. The second kappa shape index (κ2) is 8.97. The lowest BCUT2D eigenvalue weighted by Crippen LogP contribution is -2.16. The van der Waals surface area contributed by atoms with Crippen LogP contribution in [0.25, 0.3) is 4.96 Å². The molecule has 0 saturated heterocycles. The van der Waals surface area contributed by atoms with Crippen LogP contribution in [-0.4, -0.2) is 20.5 Å². The van der Waals surface area contributed by atoms with E-state index in [2.05, 4.69) is 22.3 Å². The molecule has 1 amide bonds. The van der Waals surface area contributed by atoms with E-state index in [0.717, 1.165) is 17.8 Å². The minimum atomic E-state index is -0.219. The Balaban J connectivity index is 1.69. The number of hydrogen-bond donors (Lipinski definition) is 1. The number of carbonyl (C=O) groups excluding carboxylic acids is 1. The Morgan fingerprint density at radius 1 is 1.32 bits per heavy atom. The summed E-state index contributed by atoms with van der Waals surface area (Å²) in [6, 6.07) is 8.63. The first-order valence-corrected chi connectivity index (χ1v) is 10.2. The number of unbranched alkanes of at least 4 members (excludes halogenated alkanes) is 1. The number of carbonyl (C=O) groups is 1. The molecule has 3 rings (SSSR count). The van der Waals surface area contributed by atoms with Crippen molar-refractivity contribution in [1.29, 1.82) is 0 Å². The average molecular weight is 401 g/mol. The first-order valence-electron chi connectivity index (χ1n) is 9.38. The quantitative estimate of drug-likeness (QED) is 0.618. The maximum atomic E-state index is 12.3. The van der Waals surface area contributed by atoms with Crippen molar-refractivity contribution in [2.45, 2.75) is 52.6 Å². The van der Waals surface area contributed by atoms with Crippen molar-refractivity contribution >= 4 is 27.9 Å². The lowest BCUT2D eigenvalue weighted by molar-refractivity contribution is -0.116. The number of amides is 1. The van der Waals surface area contributed by atoms with Gasteiger partial charge in [-0.3, -0.25) is 9.59 Å². The Morgan fingerprint density at radius 3 is 2.89 bits per heavy atom. The SMILES string of the molecule is CCCCC(=O)Nc1cccc(OCc2cc(=O)n3nc(C(C)C)sc3n2)c1. The Kier molecular flexibility index (Phi) is 6.41. The molecule has 0 bridgehead atoms. The summed E-state index contributed by atoms with van der Waals surface area (Å²) in [6.45, 7) is 6.27. The van der Waals surface area contributed by atoms with Gasteiger partial charge in [-0.15, -0.1) is 0 Å². The van der Waals surface area contributed by atoms with Gasteiger partial charge in [-0.2, -0.15) is 9.61 Å². The van der Waals surface area contributed by atoms with Gasteiger partial charge >= 0.3 is 0 Å². The molecule has 7 nitrogen and oxygen atoms in total. The highest BCUT2D eigenvalue weighted by atomic mass is 32.1. The van der Waals surface area contributed by atoms with E-state index in [4.69, 9.17) is 4.74 Å². The maximum absolute atomic E-state index is 12.3. The molecule has 0 spiro atoms. The third-order valence-corrected chi connectivity index (χ3v) is 5.28. The van der Waals surface area contributed by atoms with Gasteiger partial charge in [-0.1, -0.05) is 44.6 Å². The number of hydrogen-bond acceptors (Lipinski definition) is 6. The van der Waals surface area contributed by atoms with Gasteiger partial charge in [0.2, 0.25) is 10.9 Å². The van der Waals surface area contributed by atoms with Crippen LogP contribution in [0.1, 0.15) is 56.7 Å². The summed E-state index contributed by atoms with van der Waals surface area (Å²) in [5.74, 6) is 0.828. The highest BCUT2D eigenvalue weighted by Crippen LogP contribution is 2.21. The van der Waals surface area contributed by atoms with E-state index >= 15 is 0 Å². The van der Waals surface area contributed by atoms with Crippen LogP contribution in [0.4, 0.5) is 5.69 Å². The fourth-order valence-corrected chi connectivity index (χ4v) is 3.49. The van der Waals surface area contributed by atoms with Gasteiger partial charge in [0.1, 0.15) is 17.4 Å². The highest BCUT2D eigenvalue weighted by molar-refractivity contribution is 7.16. The van der Waals surface area contributed by atoms with Gasteiger partial charge in [0.05, 0.1) is 5.69 Å². The standard InChI is InChI=1S/C20H24N4O3S/c1-4-5-9-17(25)21-14-7-6-8-16(10-14)27-12-15-11-18(26)24-20(22-15)28-19(23-24)13(2)3/h6-8,10-11,13H,4-5,9,12H2,1-3H3,(H,21,25). The summed E-state index contributed by atoms with van der Waals surface area (Å²) in [5, 5.41) is 8.05. The zero-order chi connectivity index (χ0) is 20.1. The second-order valence-electron chi connectivity index (χ2n) is 6.84. The van der Waals surface area contributed by atoms with Gasteiger partial charge in [-0.05, 0) is 18.6 Å². The number of anilines is 1. The largest absolute Gasteiger partial charge is 0.487 e. The van der Waals surface area contributed by atoms with Crippen molar-refractivity contribution in [3.05, 3.63) is 51.4 Å². The van der Waals surface area contributed by atoms with Gasteiger partial charge in [0.15, 0.2) is 0 Å². The number of nitrogens with zero attached hydrogens (tertiary/aromatic N) is 3. The lowest BCUT2D eigenvalue weighted by atomic mass is 10.2. The Labute approximate surface area is 167 Å². The van der Waals surface area contributed by atoms with E-state index in [9.17, 15) is 9.59 Å². The molecule has 0 atom stereocenters. The predicted molar refractivity (Wildman–Crippen MR) is 110 cm³/mol. The predicted octanol–water partition coefficient (Wildman–Crippen LogP) is 3.98. The number of fused-ring (bicyclic) bond motifs is 1. The van der Waals surface area contributed by atoms with Crippen molar-refractivity contribution in [2.75, 3.05) is 5.32 Å². The Hall–Kier alpha value is -2.74. The summed E-state index contributed by atoms with van der Waals surface area (Å²) >= 11 is 1.41. The Bertz CT molecular complexity index is 1030. The first kappa shape index (κ1) is 20.0. The Morgan fingerprint density at radius 2 is 2.14 bits per heavy atom. The monoisotopic (exact) mass is 400 g/mol. The number of benzene rings is 1. The van der Waals surface area contributed by atoms with E-state index in [1.54, 1.807) is 12.1 Å². The minimum absolute atomic E-state index is 0.00899.